The van der Waals surface area contributed by atoms with E-state index in [2.05, 4.69) is 16.4 Å². The third kappa shape index (κ3) is 3.53. The average molecular weight is 262 g/mol. The van der Waals surface area contributed by atoms with Crippen LogP contribution in [0.15, 0.2) is 30.0 Å². The van der Waals surface area contributed by atoms with E-state index in [9.17, 15) is 4.79 Å². The first-order valence-electron chi connectivity index (χ1n) is 6.41. The van der Waals surface area contributed by atoms with Gasteiger partial charge < -0.3 is 10.3 Å². The van der Waals surface area contributed by atoms with Crippen molar-refractivity contribution in [2.24, 2.45) is 0 Å². The van der Waals surface area contributed by atoms with Crippen molar-refractivity contribution in [2.45, 2.75) is 32.1 Å². The van der Waals surface area contributed by atoms with Crippen molar-refractivity contribution in [1.82, 2.24) is 10.3 Å². The summed E-state index contributed by atoms with van der Waals surface area (Å²) < 4.78 is 0.492. The van der Waals surface area contributed by atoms with E-state index in [0.717, 1.165) is 6.42 Å². The smallest absolute Gasteiger partial charge is 0.254 e. The number of amides is 1. The molecule has 0 aliphatic heterocycles. The minimum Gasteiger partial charge on any atom is -0.352 e. The number of nitrogens with one attached hydrogen (secondary N) is 2. The highest BCUT2D eigenvalue weighted by Gasteiger charge is 2.08. The van der Waals surface area contributed by atoms with Crippen molar-refractivity contribution in [1.29, 1.82) is 0 Å². The molecule has 96 valence electrons. The minimum absolute atomic E-state index is 0.0896. The summed E-state index contributed by atoms with van der Waals surface area (Å²) >= 11 is 5.08. The molecule has 0 bridgehead atoms. The van der Waals surface area contributed by atoms with Gasteiger partial charge in [0.2, 0.25) is 0 Å². The number of hydrogen-bond donors (Lipinski definition) is 2. The Hall–Kier alpha value is -1.42. The zero-order valence-corrected chi connectivity index (χ0v) is 11.2. The van der Waals surface area contributed by atoms with Crippen molar-refractivity contribution < 1.29 is 4.79 Å². The van der Waals surface area contributed by atoms with Gasteiger partial charge in [0.25, 0.3) is 5.91 Å². The van der Waals surface area contributed by atoms with E-state index in [1.165, 1.54) is 31.3 Å². The second-order valence-corrected chi connectivity index (χ2v) is 4.94. The van der Waals surface area contributed by atoms with Gasteiger partial charge in [0.05, 0.1) is 5.56 Å². The van der Waals surface area contributed by atoms with Crippen molar-refractivity contribution in [3.8, 4) is 0 Å². The number of hydrogen-bond acceptors (Lipinski definition) is 2. The van der Waals surface area contributed by atoms with E-state index in [1.54, 1.807) is 18.3 Å². The number of allylic oxidation sites excluding steroid dienone is 1. The largest absolute Gasteiger partial charge is 0.352 e. The van der Waals surface area contributed by atoms with Crippen LogP contribution in [0.25, 0.3) is 0 Å². The molecule has 0 spiro atoms. The number of H-pyrrole nitrogens is 1. The molecule has 1 amide bonds. The van der Waals surface area contributed by atoms with Crippen LogP contribution >= 0.6 is 12.2 Å². The zero-order valence-electron chi connectivity index (χ0n) is 10.4. The summed E-state index contributed by atoms with van der Waals surface area (Å²) in [6, 6.07) is 3.53. The lowest BCUT2D eigenvalue weighted by Crippen LogP contribution is -2.25. The summed E-state index contributed by atoms with van der Waals surface area (Å²) in [6.45, 7) is 0.689. The molecule has 1 heterocycles. The van der Waals surface area contributed by atoms with Gasteiger partial charge in [-0.3, -0.25) is 4.79 Å². The Labute approximate surface area is 112 Å². The van der Waals surface area contributed by atoms with Crippen molar-refractivity contribution in [2.75, 3.05) is 6.54 Å². The molecule has 0 saturated carbocycles. The molecule has 1 aliphatic carbocycles. The van der Waals surface area contributed by atoms with Gasteiger partial charge in [-0.1, -0.05) is 23.9 Å². The Kier molecular flexibility index (Phi) is 4.70. The molecule has 1 aliphatic rings. The highest BCUT2D eigenvalue weighted by molar-refractivity contribution is 7.71. The Bertz CT molecular complexity index is 505. The molecule has 0 unspecified atom stereocenters. The van der Waals surface area contributed by atoms with Crippen LogP contribution in [0.5, 0.6) is 0 Å². The fraction of sp³-hybridized carbons (Fsp3) is 0.429. The first-order valence-corrected chi connectivity index (χ1v) is 6.82. The number of pyridine rings is 1. The molecule has 1 aromatic rings. The van der Waals surface area contributed by atoms with Crippen molar-refractivity contribution >= 4 is 18.1 Å². The summed E-state index contributed by atoms with van der Waals surface area (Å²) in [6.07, 6.45) is 9.94. The molecule has 3 nitrogen and oxygen atoms in total. The highest BCUT2D eigenvalue weighted by Crippen LogP contribution is 2.19. The van der Waals surface area contributed by atoms with E-state index in [1.807, 2.05) is 0 Å². The first-order chi connectivity index (χ1) is 8.77. The highest BCUT2D eigenvalue weighted by atomic mass is 32.1. The zero-order chi connectivity index (χ0) is 12.8. The lowest BCUT2D eigenvalue weighted by atomic mass is 9.97. The topological polar surface area (TPSA) is 44.9 Å². The van der Waals surface area contributed by atoms with Crippen LogP contribution in [0.3, 0.4) is 0 Å². The molecule has 2 rings (SSSR count). The number of carbonyl (C=O) groups excluding carboxylic acids is 1. The average Bonchev–Trinajstić information content (AvgIpc) is 2.40. The van der Waals surface area contributed by atoms with Gasteiger partial charge in [0, 0.05) is 12.7 Å². The molecule has 4 heteroatoms. The van der Waals surface area contributed by atoms with E-state index in [0.29, 0.717) is 16.7 Å². The molecule has 0 aromatic carbocycles. The molecular formula is C14H18N2OS. The Morgan fingerprint density at radius 2 is 2.33 bits per heavy atom. The quantitative estimate of drug-likeness (QED) is 0.645. The summed E-state index contributed by atoms with van der Waals surface area (Å²) in [7, 11) is 0. The van der Waals surface area contributed by atoms with Crippen LogP contribution < -0.4 is 5.32 Å². The predicted octanol–water partition coefficient (Wildman–Crippen LogP) is 3.36. The summed E-state index contributed by atoms with van der Waals surface area (Å²) in [5.41, 5.74) is 2.02. The second-order valence-electron chi connectivity index (χ2n) is 4.53. The number of rotatable bonds is 4. The number of carbonyl (C=O) groups is 1. The normalized spacial score (nSPS) is 15.0. The molecule has 0 radical (unpaired) electrons. The van der Waals surface area contributed by atoms with Gasteiger partial charge in [-0.05, 0) is 44.2 Å². The fourth-order valence-corrected chi connectivity index (χ4v) is 2.39. The summed E-state index contributed by atoms with van der Waals surface area (Å²) in [5.74, 6) is -0.0896. The van der Waals surface area contributed by atoms with Gasteiger partial charge >= 0.3 is 0 Å². The van der Waals surface area contributed by atoms with Crippen LogP contribution in [-0.4, -0.2) is 17.4 Å². The minimum atomic E-state index is -0.0896. The van der Waals surface area contributed by atoms with Gasteiger partial charge in [0.15, 0.2) is 0 Å². The molecule has 2 N–H and O–H groups in total. The number of aromatic nitrogens is 1. The van der Waals surface area contributed by atoms with E-state index < -0.39 is 0 Å². The lowest BCUT2D eigenvalue weighted by Gasteiger charge is -2.12. The van der Waals surface area contributed by atoms with E-state index >= 15 is 0 Å². The van der Waals surface area contributed by atoms with Crippen LogP contribution in [-0.2, 0) is 0 Å². The van der Waals surface area contributed by atoms with Crippen LogP contribution in [0, 0.1) is 4.64 Å². The maximum atomic E-state index is 11.9. The summed E-state index contributed by atoms with van der Waals surface area (Å²) in [5, 5.41) is 2.92. The fourth-order valence-electron chi connectivity index (χ4n) is 2.16. The standard InChI is InChI=1S/C14H18N2OS/c17-13(12-7-4-9-16-14(12)18)15-10-8-11-5-2-1-3-6-11/h4-5,7,9H,1-3,6,8,10H2,(H,15,17)(H,16,18). The van der Waals surface area contributed by atoms with E-state index in [4.69, 9.17) is 12.2 Å². The molecule has 0 saturated heterocycles. The lowest BCUT2D eigenvalue weighted by molar-refractivity contribution is 0.0953. The predicted molar refractivity (Wildman–Crippen MR) is 75.1 cm³/mol. The van der Waals surface area contributed by atoms with Crippen LogP contribution in [0.2, 0.25) is 0 Å². The monoisotopic (exact) mass is 262 g/mol. The second kappa shape index (κ2) is 6.50. The van der Waals surface area contributed by atoms with Gasteiger partial charge in [-0.25, -0.2) is 0 Å². The van der Waals surface area contributed by atoms with Gasteiger partial charge in [0.1, 0.15) is 4.64 Å². The Balaban J connectivity index is 1.84. The molecule has 1 aromatic heterocycles. The van der Waals surface area contributed by atoms with Crippen molar-refractivity contribution in [3.63, 3.8) is 0 Å². The molecular weight excluding hydrogens is 244 g/mol. The molecule has 0 fully saturated rings. The summed E-state index contributed by atoms with van der Waals surface area (Å²) in [4.78, 5) is 14.8. The van der Waals surface area contributed by atoms with Gasteiger partial charge in [-0.15, -0.1) is 0 Å². The first kappa shape index (κ1) is 13.0. The maximum Gasteiger partial charge on any atom is 0.254 e. The third-order valence-electron chi connectivity index (χ3n) is 3.18. The Morgan fingerprint density at radius 3 is 3.06 bits per heavy atom. The molecule has 0 atom stereocenters. The third-order valence-corrected chi connectivity index (χ3v) is 3.52. The van der Waals surface area contributed by atoms with Gasteiger partial charge in [-0.2, -0.15) is 0 Å². The van der Waals surface area contributed by atoms with Crippen LogP contribution in [0.4, 0.5) is 0 Å². The van der Waals surface area contributed by atoms with Crippen molar-refractivity contribution in [3.05, 3.63) is 40.2 Å². The number of aromatic amines is 1. The van der Waals surface area contributed by atoms with Crippen LogP contribution in [0.1, 0.15) is 42.5 Å². The maximum absolute atomic E-state index is 11.9. The van der Waals surface area contributed by atoms with E-state index in [-0.39, 0.29) is 5.91 Å². The Morgan fingerprint density at radius 1 is 1.44 bits per heavy atom. The SMILES string of the molecule is O=C(NCCC1=CCCCC1)c1ccc[nH]c1=S. The molecule has 18 heavy (non-hydrogen) atoms.